The van der Waals surface area contributed by atoms with E-state index in [4.69, 9.17) is 0 Å². The smallest absolute Gasteiger partial charge is 0.240 e. The zero-order chi connectivity index (χ0) is 17.8. The van der Waals surface area contributed by atoms with E-state index in [1.807, 2.05) is 26.0 Å². The van der Waals surface area contributed by atoms with E-state index in [1.165, 1.54) is 0 Å². The van der Waals surface area contributed by atoms with Crippen LogP contribution >= 0.6 is 0 Å². The number of sulfonamides is 1. The summed E-state index contributed by atoms with van der Waals surface area (Å²) in [6, 6.07) is 7.32. The Labute approximate surface area is 140 Å². The number of carbonyl (C=O) groups is 1. The van der Waals surface area contributed by atoms with Crippen LogP contribution in [0.15, 0.2) is 24.3 Å². The van der Waals surface area contributed by atoms with E-state index in [2.05, 4.69) is 26.1 Å². The molecule has 0 aliphatic rings. The van der Waals surface area contributed by atoms with Gasteiger partial charge in [-0.05, 0) is 36.5 Å². The zero-order valence-corrected chi connectivity index (χ0v) is 15.7. The van der Waals surface area contributed by atoms with Crippen molar-refractivity contribution in [2.75, 3.05) is 17.1 Å². The Morgan fingerprint density at radius 2 is 1.74 bits per heavy atom. The third-order valence-electron chi connectivity index (χ3n) is 3.73. The summed E-state index contributed by atoms with van der Waals surface area (Å²) in [6.07, 6.45) is 1.91. The Morgan fingerprint density at radius 3 is 2.13 bits per heavy atom. The molecule has 0 saturated carbocycles. The van der Waals surface area contributed by atoms with E-state index >= 15 is 0 Å². The molecule has 0 aliphatic carbocycles. The number of rotatable bonds is 6. The molecule has 1 aromatic carbocycles. The van der Waals surface area contributed by atoms with E-state index < -0.39 is 10.0 Å². The van der Waals surface area contributed by atoms with Crippen LogP contribution in [0.5, 0.6) is 0 Å². The highest BCUT2D eigenvalue weighted by molar-refractivity contribution is 7.92. The lowest BCUT2D eigenvalue weighted by Crippen LogP contribution is -2.43. The second-order valence-corrected chi connectivity index (χ2v) is 8.85. The first-order chi connectivity index (χ1) is 10.4. The molecule has 1 rings (SSSR count). The number of benzene rings is 1. The van der Waals surface area contributed by atoms with Crippen LogP contribution in [0, 0.1) is 0 Å². The van der Waals surface area contributed by atoms with Crippen LogP contribution in [0.1, 0.15) is 46.6 Å². The van der Waals surface area contributed by atoms with E-state index in [9.17, 15) is 13.2 Å². The summed E-state index contributed by atoms with van der Waals surface area (Å²) >= 11 is 0. The van der Waals surface area contributed by atoms with Crippen LogP contribution in [-0.2, 0) is 20.2 Å². The van der Waals surface area contributed by atoms with Crippen molar-refractivity contribution in [2.45, 2.75) is 52.5 Å². The average molecular weight is 340 g/mol. The van der Waals surface area contributed by atoms with Crippen LogP contribution in [0.25, 0.3) is 0 Å². The van der Waals surface area contributed by atoms with E-state index in [0.29, 0.717) is 5.69 Å². The number of anilines is 1. The first kappa shape index (κ1) is 19.5. The van der Waals surface area contributed by atoms with Crippen molar-refractivity contribution in [2.24, 2.45) is 0 Å². The molecule has 23 heavy (non-hydrogen) atoms. The maximum Gasteiger partial charge on any atom is 0.240 e. The molecule has 1 unspecified atom stereocenters. The molecule has 0 saturated heterocycles. The molecule has 0 spiro atoms. The van der Waals surface area contributed by atoms with Crippen LogP contribution in [0.4, 0.5) is 5.69 Å². The standard InChI is InChI=1S/C17H28N2O3S/c1-7-13(2)18-16(20)12-19(23(6,21)22)15-10-8-14(9-11-15)17(3,4)5/h8-11,13H,7,12H2,1-6H3,(H,18,20). The molecule has 0 bridgehead atoms. The summed E-state index contributed by atoms with van der Waals surface area (Å²) in [6.45, 7) is 9.92. The highest BCUT2D eigenvalue weighted by atomic mass is 32.2. The normalized spacial score (nSPS) is 13.5. The molecule has 1 amide bonds. The number of nitrogens with zero attached hydrogens (tertiary/aromatic N) is 1. The van der Waals surface area contributed by atoms with Gasteiger partial charge in [-0.1, -0.05) is 39.8 Å². The summed E-state index contributed by atoms with van der Waals surface area (Å²) < 4.78 is 25.2. The molecule has 0 aliphatic heterocycles. The molecule has 1 atom stereocenters. The van der Waals surface area contributed by atoms with Gasteiger partial charge in [0.25, 0.3) is 0 Å². The summed E-state index contributed by atoms with van der Waals surface area (Å²) in [7, 11) is -3.53. The minimum atomic E-state index is -3.53. The number of carbonyl (C=O) groups excluding carboxylic acids is 1. The van der Waals surface area contributed by atoms with Crippen molar-refractivity contribution in [3.63, 3.8) is 0 Å². The minimum absolute atomic E-state index is 0.0115. The first-order valence-corrected chi connectivity index (χ1v) is 9.67. The zero-order valence-electron chi connectivity index (χ0n) is 14.9. The molecule has 1 aromatic rings. The lowest BCUT2D eigenvalue weighted by atomic mass is 9.87. The fraction of sp³-hybridized carbons (Fsp3) is 0.588. The summed E-state index contributed by atoms with van der Waals surface area (Å²) in [5.74, 6) is -0.301. The Kier molecular flexibility index (Phi) is 6.22. The SMILES string of the molecule is CCC(C)NC(=O)CN(c1ccc(C(C)(C)C)cc1)S(C)(=O)=O. The second kappa shape index (κ2) is 7.34. The van der Waals surface area contributed by atoms with Gasteiger partial charge < -0.3 is 5.32 Å². The van der Waals surface area contributed by atoms with Gasteiger partial charge in [0.2, 0.25) is 15.9 Å². The van der Waals surface area contributed by atoms with Gasteiger partial charge in [0.1, 0.15) is 6.54 Å². The van der Waals surface area contributed by atoms with Crippen molar-refractivity contribution in [3.8, 4) is 0 Å². The van der Waals surface area contributed by atoms with Crippen LogP contribution in [-0.4, -0.2) is 33.2 Å². The monoisotopic (exact) mass is 340 g/mol. The van der Waals surface area contributed by atoms with Gasteiger partial charge in [0, 0.05) is 6.04 Å². The predicted octanol–water partition coefficient (Wildman–Crippen LogP) is 2.66. The van der Waals surface area contributed by atoms with Crippen molar-refractivity contribution in [3.05, 3.63) is 29.8 Å². The molecular weight excluding hydrogens is 312 g/mol. The summed E-state index contributed by atoms with van der Waals surface area (Å²) in [5.41, 5.74) is 1.60. The highest BCUT2D eigenvalue weighted by Gasteiger charge is 2.22. The molecular formula is C17H28N2O3S. The van der Waals surface area contributed by atoms with Crippen molar-refractivity contribution >= 4 is 21.6 Å². The number of nitrogens with one attached hydrogen (secondary N) is 1. The van der Waals surface area contributed by atoms with Gasteiger partial charge in [-0.25, -0.2) is 8.42 Å². The highest BCUT2D eigenvalue weighted by Crippen LogP contribution is 2.25. The largest absolute Gasteiger partial charge is 0.352 e. The lowest BCUT2D eigenvalue weighted by molar-refractivity contribution is -0.120. The average Bonchev–Trinajstić information content (AvgIpc) is 2.42. The lowest BCUT2D eigenvalue weighted by Gasteiger charge is -2.24. The van der Waals surface area contributed by atoms with Gasteiger partial charge in [0.05, 0.1) is 11.9 Å². The van der Waals surface area contributed by atoms with Gasteiger partial charge in [-0.2, -0.15) is 0 Å². The Hall–Kier alpha value is -1.56. The van der Waals surface area contributed by atoms with Crippen molar-refractivity contribution < 1.29 is 13.2 Å². The fourth-order valence-corrected chi connectivity index (χ4v) is 2.94. The Morgan fingerprint density at radius 1 is 1.22 bits per heavy atom. The van der Waals surface area contributed by atoms with Crippen LogP contribution in [0.3, 0.4) is 0 Å². The molecule has 1 N–H and O–H groups in total. The number of amides is 1. The molecule has 0 fully saturated rings. The topological polar surface area (TPSA) is 66.5 Å². The minimum Gasteiger partial charge on any atom is -0.352 e. The molecule has 5 nitrogen and oxygen atoms in total. The summed E-state index contributed by atoms with van der Waals surface area (Å²) in [4.78, 5) is 12.1. The third-order valence-corrected chi connectivity index (χ3v) is 4.87. The van der Waals surface area contributed by atoms with Crippen LogP contribution < -0.4 is 9.62 Å². The number of hydrogen-bond acceptors (Lipinski definition) is 3. The molecule has 130 valence electrons. The van der Waals surface area contributed by atoms with Gasteiger partial charge in [-0.3, -0.25) is 9.10 Å². The Balaban J connectivity index is 3.02. The fourth-order valence-electron chi connectivity index (χ4n) is 2.08. The van der Waals surface area contributed by atoms with E-state index in [-0.39, 0.29) is 23.9 Å². The third kappa shape index (κ3) is 5.86. The van der Waals surface area contributed by atoms with Crippen molar-refractivity contribution in [1.82, 2.24) is 5.32 Å². The van der Waals surface area contributed by atoms with Crippen LogP contribution in [0.2, 0.25) is 0 Å². The number of hydrogen-bond donors (Lipinski definition) is 1. The Bertz CT molecular complexity index is 631. The maximum absolute atomic E-state index is 12.1. The molecule has 0 heterocycles. The van der Waals surface area contributed by atoms with E-state index in [1.54, 1.807) is 12.1 Å². The molecule has 0 aromatic heterocycles. The molecule has 6 heteroatoms. The quantitative estimate of drug-likeness (QED) is 0.866. The first-order valence-electron chi connectivity index (χ1n) is 7.82. The van der Waals surface area contributed by atoms with E-state index in [0.717, 1.165) is 22.5 Å². The van der Waals surface area contributed by atoms with Gasteiger partial charge in [0.15, 0.2) is 0 Å². The molecule has 0 radical (unpaired) electrons. The predicted molar refractivity (Wildman–Crippen MR) is 95.2 cm³/mol. The van der Waals surface area contributed by atoms with Crippen molar-refractivity contribution in [1.29, 1.82) is 0 Å². The van der Waals surface area contributed by atoms with Gasteiger partial charge >= 0.3 is 0 Å². The van der Waals surface area contributed by atoms with Gasteiger partial charge in [-0.15, -0.1) is 0 Å². The summed E-state index contributed by atoms with van der Waals surface area (Å²) in [5, 5.41) is 2.79. The second-order valence-electron chi connectivity index (χ2n) is 6.94. The maximum atomic E-state index is 12.1.